The molecule has 0 N–H and O–H groups in total. The number of hydrogen-bond donors (Lipinski definition) is 0. The Labute approximate surface area is 194 Å². The summed E-state index contributed by atoms with van der Waals surface area (Å²) >= 11 is 0. The van der Waals surface area contributed by atoms with E-state index in [1.807, 2.05) is 18.2 Å². The number of hydrogen-bond acceptors (Lipinski definition) is 4. The molecule has 2 atom stereocenters. The van der Waals surface area contributed by atoms with Crippen molar-refractivity contribution in [2.75, 3.05) is 0 Å². The monoisotopic (exact) mass is 500 g/mol. The van der Waals surface area contributed by atoms with Crippen LogP contribution in [-0.4, -0.2) is 45.9 Å². The van der Waals surface area contributed by atoms with Crippen molar-refractivity contribution in [2.24, 2.45) is 0 Å². The van der Waals surface area contributed by atoms with Gasteiger partial charge < -0.3 is 16.5 Å². The molecule has 3 rings (SSSR count). The lowest BCUT2D eigenvalue weighted by Crippen LogP contribution is -2.54. The van der Waals surface area contributed by atoms with Crippen LogP contribution in [0.2, 0.25) is 26.2 Å². The average Bonchev–Trinajstić information content (AvgIpc) is 2.78. The second-order valence-electron chi connectivity index (χ2n) is 7.87. The van der Waals surface area contributed by atoms with Crippen LogP contribution in [0, 0.1) is 0 Å². The van der Waals surface area contributed by atoms with Crippen molar-refractivity contribution in [2.45, 2.75) is 26.2 Å². The molecule has 0 bridgehead atoms. The Bertz CT molecular complexity index is 829. The largest absolute Gasteiger partial charge is 0.438 e. The third-order valence-corrected chi connectivity index (χ3v) is 17.6. The molecule has 0 saturated heterocycles. The van der Waals surface area contributed by atoms with Gasteiger partial charge in [-0.15, -0.1) is 0 Å². The Morgan fingerprint density at radius 3 is 0.903 bits per heavy atom. The molecule has 0 fully saturated rings. The van der Waals surface area contributed by atoms with E-state index in [9.17, 15) is 0 Å². The minimum absolute atomic E-state index is 1.13. The molecule has 4 nitrogen and oxygen atoms in total. The van der Waals surface area contributed by atoms with Crippen LogP contribution in [0.15, 0.2) is 91.0 Å². The van der Waals surface area contributed by atoms with Gasteiger partial charge in [0, 0.05) is 0 Å². The molecule has 3 aromatic rings. The Morgan fingerprint density at radius 2 is 0.645 bits per heavy atom. The number of rotatable bonds is 11. The summed E-state index contributed by atoms with van der Waals surface area (Å²) in [6.45, 7) is 8.78. The molecule has 3 aromatic carbocycles. The van der Waals surface area contributed by atoms with Gasteiger partial charge in [0.1, 0.15) is 0 Å². The molecule has 0 spiro atoms. The summed E-state index contributed by atoms with van der Waals surface area (Å²) < 4.78 is 26.5. The fourth-order valence-corrected chi connectivity index (χ4v) is 16.8. The van der Waals surface area contributed by atoms with Gasteiger partial charge >= 0.3 is 27.9 Å². The molecule has 2 unspecified atom stereocenters. The molecule has 31 heavy (non-hydrogen) atoms. The van der Waals surface area contributed by atoms with Gasteiger partial charge in [0.2, 0.25) is 0 Å². The van der Waals surface area contributed by atoms with Crippen LogP contribution >= 0.6 is 0 Å². The van der Waals surface area contributed by atoms with Crippen molar-refractivity contribution in [1.82, 2.24) is 0 Å². The summed E-state index contributed by atoms with van der Waals surface area (Å²) in [6, 6.07) is 31.1. The van der Waals surface area contributed by atoms with E-state index in [2.05, 4.69) is 99.0 Å². The third kappa shape index (κ3) is 7.89. The summed E-state index contributed by atoms with van der Waals surface area (Å²) in [6.07, 6.45) is 0. The van der Waals surface area contributed by atoms with Gasteiger partial charge in [0.05, 0.1) is 0 Å². The topological polar surface area (TPSA) is 36.9 Å². The van der Waals surface area contributed by atoms with E-state index in [0.717, 1.165) is 15.6 Å². The third-order valence-electron chi connectivity index (χ3n) is 4.50. The smallest absolute Gasteiger partial charge is 0.338 e. The van der Waals surface area contributed by atoms with Crippen LogP contribution in [0.4, 0.5) is 0 Å². The van der Waals surface area contributed by atoms with E-state index in [0.29, 0.717) is 0 Å². The van der Waals surface area contributed by atoms with Gasteiger partial charge in [-0.05, 0) is 41.7 Å². The van der Waals surface area contributed by atoms with E-state index >= 15 is 0 Å². The first-order valence-electron chi connectivity index (χ1n) is 10.8. The minimum atomic E-state index is -2.25. The highest BCUT2D eigenvalue weighted by Gasteiger charge is 2.31. The predicted molar refractivity (Wildman–Crippen MR) is 142 cm³/mol. The molecule has 0 aliphatic carbocycles. The molecule has 0 amide bonds. The maximum absolute atomic E-state index is 6.81. The Morgan fingerprint density at radius 1 is 0.387 bits per heavy atom. The van der Waals surface area contributed by atoms with Crippen molar-refractivity contribution in [3.05, 3.63) is 91.0 Å². The molecule has 0 heterocycles. The van der Waals surface area contributed by atoms with Gasteiger partial charge in [-0.3, -0.25) is 0 Å². The van der Waals surface area contributed by atoms with Crippen LogP contribution in [0.5, 0.6) is 0 Å². The van der Waals surface area contributed by atoms with E-state index in [-0.39, 0.29) is 0 Å². The Kier molecular flexibility index (Phi) is 9.83. The lowest BCUT2D eigenvalue weighted by atomic mass is 10.4. The summed E-state index contributed by atoms with van der Waals surface area (Å²) in [7, 11) is -8.99. The summed E-state index contributed by atoms with van der Waals surface area (Å²) in [5.41, 5.74) is 0. The van der Waals surface area contributed by atoms with Crippen molar-refractivity contribution in [1.29, 1.82) is 0 Å². The van der Waals surface area contributed by atoms with Crippen LogP contribution < -0.4 is 15.6 Å². The lowest BCUT2D eigenvalue weighted by molar-refractivity contribution is 0.367. The normalized spacial score (nSPS) is 14.5. The minimum Gasteiger partial charge on any atom is -0.438 e. The van der Waals surface area contributed by atoms with Crippen LogP contribution in [0.25, 0.3) is 0 Å². The lowest BCUT2D eigenvalue weighted by Gasteiger charge is -2.29. The standard InChI is InChI=1S/C22H32O4Si5/c1-27(2)23-29(20-14-8-5-9-15-20)25-31(22-18-12-7-13-19-22)26-30(24-28(3)4)21-16-10-6-11-17-21/h5-19,27-31H,1-4H3. The molecule has 9 heteroatoms. The quantitative estimate of drug-likeness (QED) is 0.373. The van der Waals surface area contributed by atoms with E-state index in [1.54, 1.807) is 0 Å². The highest BCUT2D eigenvalue weighted by Crippen LogP contribution is 2.06. The summed E-state index contributed by atoms with van der Waals surface area (Å²) in [5.74, 6) is 0. The molecular formula is C22H32O4Si5. The fourth-order valence-electron chi connectivity index (χ4n) is 3.12. The fraction of sp³-hybridized carbons (Fsp3) is 0.182. The zero-order valence-corrected chi connectivity index (χ0v) is 24.5. The maximum atomic E-state index is 6.81. The van der Waals surface area contributed by atoms with E-state index < -0.39 is 45.9 Å². The summed E-state index contributed by atoms with van der Waals surface area (Å²) in [5, 5.41) is 3.46. The molecule has 0 radical (unpaired) electrons. The van der Waals surface area contributed by atoms with Gasteiger partial charge in [-0.2, -0.15) is 0 Å². The zero-order valence-electron chi connectivity index (χ0n) is 18.7. The Balaban J connectivity index is 1.91. The summed E-state index contributed by atoms with van der Waals surface area (Å²) in [4.78, 5) is 0. The van der Waals surface area contributed by atoms with E-state index in [4.69, 9.17) is 16.5 Å². The second kappa shape index (κ2) is 12.6. The first-order chi connectivity index (χ1) is 15.0. The second-order valence-corrected chi connectivity index (χ2v) is 20.4. The molecule has 0 aliphatic heterocycles. The molecular weight excluding hydrogens is 469 g/mol. The van der Waals surface area contributed by atoms with Gasteiger partial charge in [-0.25, -0.2) is 0 Å². The van der Waals surface area contributed by atoms with Crippen LogP contribution in [0.3, 0.4) is 0 Å². The zero-order chi connectivity index (χ0) is 22.1. The Hall–Kier alpha value is -1.42. The first-order valence-corrected chi connectivity index (χ1v) is 20.9. The van der Waals surface area contributed by atoms with Gasteiger partial charge in [0.15, 0.2) is 18.1 Å². The van der Waals surface area contributed by atoms with Crippen LogP contribution in [0.1, 0.15) is 0 Å². The van der Waals surface area contributed by atoms with Crippen molar-refractivity contribution >= 4 is 61.5 Å². The predicted octanol–water partition coefficient (Wildman–Crippen LogP) is 1.40. The van der Waals surface area contributed by atoms with Gasteiger partial charge in [-0.1, -0.05) is 91.0 Å². The molecule has 164 valence electrons. The van der Waals surface area contributed by atoms with Crippen molar-refractivity contribution in [3.8, 4) is 0 Å². The first kappa shape index (κ1) is 24.2. The van der Waals surface area contributed by atoms with Crippen LogP contribution in [-0.2, 0) is 16.5 Å². The highest BCUT2D eigenvalue weighted by atomic mass is 28.4. The number of benzene rings is 3. The van der Waals surface area contributed by atoms with Crippen molar-refractivity contribution < 1.29 is 16.5 Å². The van der Waals surface area contributed by atoms with E-state index in [1.165, 1.54) is 0 Å². The maximum Gasteiger partial charge on any atom is 0.338 e. The molecule has 0 aliphatic rings. The van der Waals surface area contributed by atoms with Crippen molar-refractivity contribution in [3.63, 3.8) is 0 Å². The molecule has 0 aromatic heterocycles. The average molecular weight is 501 g/mol. The SMILES string of the molecule is C[SiH](C)O[SiH](O[SiH](O[SiH](O[SiH](C)C)c1ccccc1)c1ccccc1)c1ccccc1. The molecule has 0 saturated carbocycles. The van der Waals surface area contributed by atoms with Gasteiger partial charge in [0.25, 0.3) is 0 Å². The highest BCUT2D eigenvalue weighted by molar-refractivity contribution is 6.82.